The molecule has 0 saturated heterocycles. The Bertz CT molecular complexity index is 530. The topological polar surface area (TPSA) is 118 Å². The van der Waals surface area contributed by atoms with Crippen LogP contribution in [0.4, 0.5) is 11.4 Å². The molecule has 0 saturated carbocycles. The van der Waals surface area contributed by atoms with Crippen molar-refractivity contribution in [1.29, 1.82) is 0 Å². The Hall–Kier alpha value is -0.960. The summed E-state index contributed by atoms with van der Waals surface area (Å²) in [6.07, 6.45) is 1.89. The summed E-state index contributed by atoms with van der Waals surface area (Å²) in [4.78, 5) is -0.102. The molecule has 108 valence electrons. The first-order valence-electron chi connectivity index (χ1n) is 5.62. The number of nitrogens with two attached hydrogens (primary N) is 2. The van der Waals surface area contributed by atoms with Crippen LogP contribution in [0.2, 0.25) is 0 Å². The van der Waals surface area contributed by atoms with Crippen LogP contribution < -0.4 is 16.2 Å². The average molecular weight is 305 g/mol. The molecule has 2 unspecified atom stereocenters. The van der Waals surface area contributed by atoms with E-state index in [1.165, 1.54) is 17.8 Å². The highest BCUT2D eigenvalue weighted by Gasteiger charge is 2.19. The molecular formula is C11H19N3O3S2. The van der Waals surface area contributed by atoms with Crippen LogP contribution in [0, 0.1) is 0 Å². The summed E-state index contributed by atoms with van der Waals surface area (Å²) >= 11 is 1.52. The van der Waals surface area contributed by atoms with Crippen molar-refractivity contribution < 1.29 is 13.5 Å². The van der Waals surface area contributed by atoms with Gasteiger partial charge in [-0.3, -0.25) is 0 Å². The SMILES string of the molecule is CSC(CO)C(C)Nc1cccc(S(N)(=O)=O)c1N. The Morgan fingerprint density at radius 3 is 2.58 bits per heavy atom. The van der Waals surface area contributed by atoms with Crippen LogP contribution in [-0.2, 0) is 10.0 Å². The minimum Gasteiger partial charge on any atom is -0.396 e. The zero-order chi connectivity index (χ0) is 14.6. The third kappa shape index (κ3) is 4.00. The monoisotopic (exact) mass is 305 g/mol. The molecule has 1 aromatic rings. The van der Waals surface area contributed by atoms with Crippen molar-refractivity contribution in [3.8, 4) is 0 Å². The number of thioether (sulfide) groups is 1. The maximum atomic E-state index is 11.4. The van der Waals surface area contributed by atoms with E-state index < -0.39 is 10.0 Å². The minimum atomic E-state index is -3.84. The van der Waals surface area contributed by atoms with Gasteiger partial charge in [0.05, 0.1) is 18.0 Å². The van der Waals surface area contributed by atoms with Gasteiger partial charge < -0.3 is 16.2 Å². The second-order valence-corrected chi connectivity index (χ2v) is 6.76. The molecule has 0 amide bonds. The number of nitrogen functional groups attached to an aromatic ring is 1. The van der Waals surface area contributed by atoms with Crippen molar-refractivity contribution in [3.05, 3.63) is 18.2 Å². The first kappa shape index (κ1) is 16.1. The predicted molar refractivity (Wildman–Crippen MR) is 79.7 cm³/mol. The first-order valence-corrected chi connectivity index (χ1v) is 8.46. The van der Waals surface area contributed by atoms with E-state index in [4.69, 9.17) is 10.9 Å². The van der Waals surface area contributed by atoms with Gasteiger partial charge in [-0.2, -0.15) is 11.8 Å². The number of para-hydroxylation sites is 1. The normalized spacial score (nSPS) is 14.9. The molecule has 6 N–H and O–H groups in total. The molecule has 0 bridgehead atoms. The number of rotatable bonds is 6. The highest BCUT2D eigenvalue weighted by molar-refractivity contribution is 7.99. The predicted octanol–water partition coefficient (Wildman–Crippen LogP) is 0.441. The molecule has 19 heavy (non-hydrogen) atoms. The zero-order valence-corrected chi connectivity index (χ0v) is 12.5. The lowest BCUT2D eigenvalue weighted by molar-refractivity contribution is 0.288. The van der Waals surface area contributed by atoms with Gasteiger partial charge in [0.25, 0.3) is 0 Å². The van der Waals surface area contributed by atoms with Gasteiger partial charge >= 0.3 is 0 Å². The number of sulfonamides is 1. The van der Waals surface area contributed by atoms with Gasteiger partial charge in [0.1, 0.15) is 4.90 Å². The van der Waals surface area contributed by atoms with E-state index in [-0.39, 0.29) is 28.5 Å². The van der Waals surface area contributed by atoms with Crippen molar-refractivity contribution in [1.82, 2.24) is 0 Å². The largest absolute Gasteiger partial charge is 0.396 e. The summed E-state index contributed by atoms with van der Waals surface area (Å²) in [5.41, 5.74) is 6.39. The fourth-order valence-electron chi connectivity index (χ4n) is 1.69. The third-order valence-corrected chi connectivity index (χ3v) is 4.93. The fourth-order valence-corrected chi connectivity index (χ4v) is 3.00. The number of hydrogen-bond acceptors (Lipinski definition) is 6. The van der Waals surface area contributed by atoms with Gasteiger partial charge in [0.15, 0.2) is 0 Å². The number of hydrogen-bond donors (Lipinski definition) is 4. The fraction of sp³-hybridized carbons (Fsp3) is 0.455. The average Bonchev–Trinajstić information content (AvgIpc) is 2.32. The molecule has 1 aromatic carbocycles. The van der Waals surface area contributed by atoms with E-state index in [9.17, 15) is 13.5 Å². The van der Waals surface area contributed by atoms with Gasteiger partial charge in [-0.25, -0.2) is 13.6 Å². The Balaban J connectivity index is 3.04. The summed E-state index contributed by atoms with van der Waals surface area (Å²) in [6, 6.07) is 4.53. The Labute approximate surface area is 117 Å². The maximum absolute atomic E-state index is 11.4. The van der Waals surface area contributed by atoms with E-state index >= 15 is 0 Å². The standard InChI is InChI=1S/C11H19N3O3S2/c1-7(9(6-15)18-2)14-8-4-3-5-10(11(8)12)19(13,16)17/h3-5,7,9,14-15H,6,12H2,1-2H3,(H2,13,16,17). The summed E-state index contributed by atoms with van der Waals surface area (Å²) in [7, 11) is -3.84. The van der Waals surface area contributed by atoms with Crippen molar-refractivity contribution in [2.75, 3.05) is 23.9 Å². The van der Waals surface area contributed by atoms with Gasteiger partial charge in [-0.1, -0.05) is 6.07 Å². The highest BCUT2D eigenvalue weighted by atomic mass is 32.2. The molecule has 6 nitrogen and oxygen atoms in total. The maximum Gasteiger partial charge on any atom is 0.240 e. The smallest absolute Gasteiger partial charge is 0.240 e. The van der Waals surface area contributed by atoms with Crippen molar-refractivity contribution in [2.24, 2.45) is 5.14 Å². The second-order valence-electron chi connectivity index (χ2n) is 4.15. The summed E-state index contributed by atoms with van der Waals surface area (Å²) in [6.45, 7) is 1.91. The summed E-state index contributed by atoms with van der Waals surface area (Å²) in [5.74, 6) is 0. The van der Waals surface area contributed by atoms with Crippen molar-refractivity contribution >= 4 is 33.2 Å². The molecule has 0 radical (unpaired) electrons. The zero-order valence-electron chi connectivity index (χ0n) is 10.8. The summed E-state index contributed by atoms with van der Waals surface area (Å²) in [5, 5.41) is 17.4. The third-order valence-electron chi connectivity index (χ3n) is 2.80. The number of anilines is 2. The molecule has 0 aromatic heterocycles. The highest BCUT2D eigenvalue weighted by Crippen LogP contribution is 2.27. The molecule has 0 spiro atoms. The molecule has 0 aliphatic carbocycles. The number of nitrogens with one attached hydrogen (secondary N) is 1. The lowest BCUT2D eigenvalue weighted by atomic mass is 10.2. The second kappa shape index (κ2) is 6.47. The lowest BCUT2D eigenvalue weighted by Crippen LogP contribution is -2.31. The quantitative estimate of drug-likeness (QED) is 0.566. The Morgan fingerprint density at radius 1 is 1.47 bits per heavy atom. The number of benzene rings is 1. The summed E-state index contributed by atoms with van der Waals surface area (Å²) < 4.78 is 22.7. The van der Waals surface area contributed by atoms with Gasteiger partial charge in [-0.05, 0) is 25.3 Å². The molecule has 8 heteroatoms. The molecule has 0 aliphatic rings. The number of aliphatic hydroxyl groups excluding tert-OH is 1. The Kier molecular flexibility index (Phi) is 5.48. The van der Waals surface area contributed by atoms with E-state index in [2.05, 4.69) is 5.32 Å². The molecule has 0 heterocycles. The molecular weight excluding hydrogens is 286 g/mol. The number of primary sulfonamides is 1. The van der Waals surface area contributed by atoms with Crippen molar-refractivity contribution in [3.63, 3.8) is 0 Å². The minimum absolute atomic E-state index is 0.0162. The molecule has 2 atom stereocenters. The van der Waals surface area contributed by atoms with Crippen LogP contribution in [0.3, 0.4) is 0 Å². The molecule has 0 fully saturated rings. The Morgan fingerprint density at radius 2 is 2.11 bits per heavy atom. The first-order chi connectivity index (χ1) is 8.81. The number of aliphatic hydroxyl groups is 1. The van der Waals surface area contributed by atoms with E-state index in [1.54, 1.807) is 12.1 Å². The van der Waals surface area contributed by atoms with Crippen LogP contribution in [0.5, 0.6) is 0 Å². The molecule has 1 rings (SSSR count). The van der Waals surface area contributed by atoms with Crippen LogP contribution in [-0.4, -0.2) is 37.7 Å². The van der Waals surface area contributed by atoms with Gasteiger partial charge in [0.2, 0.25) is 10.0 Å². The van der Waals surface area contributed by atoms with Crippen LogP contribution in [0.15, 0.2) is 23.1 Å². The van der Waals surface area contributed by atoms with E-state index in [0.29, 0.717) is 5.69 Å². The van der Waals surface area contributed by atoms with Crippen LogP contribution in [0.1, 0.15) is 6.92 Å². The van der Waals surface area contributed by atoms with E-state index in [0.717, 1.165) is 0 Å². The van der Waals surface area contributed by atoms with Gasteiger partial charge in [-0.15, -0.1) is 0 Å². The van der Waals surface area contributed by atoms with Crippen LogP contribution >= 0.6 is 11.8 Å². The van der Waals surface area contributed by atoms with E-state index in [1.807, 2.05) is 13.2 Å². The molecule has 0 aliphatic heterocycles. The van der Waals surface area contributed by atoms with Crippen LogP contribution in [0.25, 0.3) is 0 Å². The van der Waals surface area contributed by atoms with Crippen molar-refractivity contribution in [2.45, 2.75) is 23.1 Å². The lowest BCUT2D eigenvalue weighted by Gasteiger charge is -2.23. The van der Waals surface area contributed by atoms with Gasteiger partial charge in [0, 0.05) is 11.3 Å².